The number of benzene rings is 1. The predicted octanol–water partition coefficient (Wildman–Crippen LogP) is 1.28. The van der Waals surface area contributed by atoms with Crippen LogP contribution in [0.15, 0.2) is 12.1 Å². The molecule has 0 aliphatic rings. The molecule has 1 aromatic carbocycles. The summed E-state index contributed by atoms with van der Waals surface area (Å²) in [5.74, 6) is 1.43. The molecular formula is C12H14ClN3O3. The first-order valence-electron chi connectivity index (χ1n) is 5.56. The first kappa shape index (κ1) is 13.5. The van der Waals surface area contributed by atoms with Crippen molar-refractivity contribution in [2.24, 2.45) is 5.73 Å². The number of alkyl halides is 1. The van der Waals surface area contributed by atoms with Crippen LogP contribution >= 0.6 is 11.6 Å². The lowest BCUT2D eigenvalue weighted by Crippen LogP contribution is -2.19. The fraction of sp³-hybridized carbons (Fsp3) is 0.333. The Morgan fingerprint density at radius 3 is 2.53 bits per heavy atom. The summed E-state index contributed by atoms with van der Waals surface area (Å²) in [6.45, 7) is 0.0219. The van der Waals surface area contributed by atoms with Gasteiger partial charge in [0.15, 0.2) is 11.5 Å². The van der Waals surface area contributed by atoms with Crippen LogP contribution in [-0.4, -0.2) is 29.7 Å². The predicted molar refractivity (Wildman–Crippen MR) is 71.6 cm³/mol. The number of aromatic nitrogens is 2. The van der Waals surface area contributed by atoms with Crippen LogP contribution in [0, 0.1) is 0 Å². The van der Waals surface area contributed by atoms with Crippen LogP contribution < -0.4 is 15.2 Å². The van der Waals surface area contributed by atoms with E-state index in [0.29, 0.717) is 22.8 Å². The van der Waals surface area contributed by atoms with Crippen molar-refractivity contribution in [1.82, 2.24) is 9.55 Å². The number of hydrogen-bond acceptors (Lipinski definition) is 4. The number of imidazole rings is 1. The Labute approximate surface area is 115 Å². The smallest absolute Gasteiger partial charge is 0.237 e. The molecule has 2 N–H and O–H groups in total. The molecule has 0 fully saturated rings. The highest BCUT2D eigenvalue weighted by atomic mass is 35.5. The van der Waals surface area contributed by atoms with Crippen LogP contribution in [0.1, 0.15) is 5.82 Å². The lowest BCUT2D eigenvalue weighted by Gasteiger charge is -2.09. The number of hydrogen-bond donors (Lipinski definition) is 1. The molecule has 0 spiro atoms. The third kappa shape index (κ3) is 2.44. The number of halogens is 1. The number of nitrogens with zero attached hydrogens (tertiary/aromatic N) is 2. The SMILES string of the molecule is COc1cc2nc(CCl)n(CC(N)=O)c2cc1OC. The Morgan fingerprint density at radius 1 is 1.37 bits per heavy atom. The summed E-state index contributed by atoms with van der Waals surface area (Å²) >= 11 is 5.84. The largest absolute Gasteiger partial charge is 0.493 e. The number of amides is 1. The van der Waals surface area contributed by atoms with Crippen LogP contribution in [0.3, 0.4) is 0 Å². The second-order valence-corrected chi connectivity index (χ2v) is 4.18. The molecule has 0 aliphatic heterocycles. The van der Waals surface area contributed by atoms with Crippen molar-refractivity contribution in [2.45, 2.75) is 12.4 Å². The number of nitrogens with two attached hydrogens (primary N) is 1. The summed E-state index contributed by atoms with van der Waals surface area (Å²) in [6.07, 6.45) is 0. The third-order valence-electron chi connectivity index (χ3n) is 2.77. The van der Waals surface area contributed by atoms with E-state index in [4.69, 9.17) is 26.8 Å². The van der Waals surface area contributed by atoms with Gasteiger partial charge in [-0.15, -0.1) is 11.6 Å². The molecule has 0 saturated heterocycles. The monoisotopic (exact) mass is 283 g/mol. The number of methoxy groups -OCH3 is 2. The zero-order valence-electron chi connectivity index (χ0n) is 10.6. The summed E-state index contributed by atoms with van der Waals surface area (Å²) < 4.78 is 12.1. The second kappa shape index (κ2) is 5.36. The van der Waals surface area contributed by atoms with Crippen LogP contribution in [0.4, 0.5) is 0 Å². The van der Waals surface area contributed by atoms with E-state index in [9.17, 15) is 4.79 Å². The van der Waals surface area contributed by atoms with Crippen molar-refractivity contribution in [1.29, 1.82) is 0 Å². The summed E-state index contributed by atoms with van der Waals surface area (Å²) in [7, 11) is 3.09. The average molecular weight is 284 g/mol. The normalized spacial score (nSPS) is 10.7. The molecule has 1 aromatic heterocycles. The molecule has 0 unspecified atom stereocenters. The fourth-order valence-corrected chi connectivity index (χ4v) is 2.14. The highest BCUT2D eigenvalue weighted by Gasteiger charge is 2.15. The van der Waals surface area contributed by atoms with Crippen molar-refractivity contribution in [3.05, 3.63) is 18.0 Å². The molecule has 102 valence electrons. The minimum atomic E-state index is -0.458. The zero-order valence-corrected chi connectivity index (χ0v) is 11.4. The lowest BCUT2D eigenvalue weighted by molar-refractivity contribution is -0.118. The first-order chi connectivity index (χ1) is 9.10. The van der Waals surface area contributed by atoms with Gasteiger partial charge in [-0.1, -0.05) is 0 Å². The summed E-state index contributed by atoms with van der Waals surface area (Å²) in [6, 6.07) is 3.49. The molecular weight excluding hydrogens is 270 g/mol. The van der Waals surface area contributed by atoms with Crippen molar-refractivity contribution >= 4 is 28.5 Å². The number of carbonyl (C=O) groups excluding carboxylic acids is 1. The van der Waals surface area contributed by atoms with Gasteiger partial charge in [0.25, 0.3) is 0 Å². The zero-order chi connectivity index (χ0) is 14.0. The Hall–Kier alpha value is -1.95. The van der Waals surface area contributed by atoms with Gasteiger partial charge in [0.2, 0.25) is 5.91 Å². The van der Waals surface area contributed by atoms with Gasteiger partial charge in [0, 0.05) is 12.1 Å². The highest BCUT2D eigenvalue weighted by molar-refractivity contribution is 6.16. The molecule has 19 heavy (non-hydrogen) atoms. The number of ether oxygens (including phenoxy) is 2. The van der Waals surface area contributed by atoms with Gasteiger partial charge in [0.1, 0.15) is 12.4 Å². The molecule has 0 radical (unpaired) electrons. The Morgan fingerprint density at radius 2 is 2.00 bits per heavy atom. The molecule has 2 aromatic rings. The molecule has 0 atom stereocenters. The van der Waals surface area contributed by atoms with E-state index in [1.807, 2.05) is 0 Å². The number of primary amides is 1. The maximum Gasteiger partial charge on any atom is 0.237 e. The molecule has 0 saturated carbocycles. The molecule has 0 bridgehead atoms. The Bertz CT molecular complexity index is 624. The van der Waals surface area contributed by atoms with Gasteiger partial charge in [-0.05, 0) is 0 Å². The highest BCUT2D eigenvalue weighted by Crippen LogP contribution is 2.32. The van der Waals surface area contributed by atoms with Crippen LogP contribution in [-0.2, 0) is 17.2 Å². The molecule has 2 rings (SSSR count). The quantitative estimate of drug-likeness (QED) is 0.838. The molecule has 1 heterocycles. The van der Waals surface area contributed by atoms with Gasteiger partial charge in [-0.25, -0.2) is 4.98 Å². The number of fused-ring (bicyclic) bond motifs is 1. The molecule has 7 heteroatoms. The maximum absolute atomic E-state index is 11.1. The number of carbonyl (C=O) groups is 1. The molecule has 6 nitrogen and oxygen atoms in total. The average Bonchev–Trinajstić information content (AvgIpc) is 2.73. The van der Waals surface area contributed by atoms with Gasteiger partial charge in [-0.3, -0.25) is 4.79 Å². The first-order valence-corrected chi connectivity index (χ1v) is 6.09. The van der Waals surface area contributed by atoms with E-state index in [2.05, 4.69) is 4.98 Å². The van der Waals surface area contributed by atoms with E-state index in [-0.39, 0.29) is 12.4 Å². The van der Waals surface area contributed by atoms with Crippen molar-refractivity contribution < 1.29 is 14.3 Å². The summed E-state index contributed by atoms with van der Waals surface area (Å²) in [5.41, 5.74) is 6.64. The lowest BCUT2D eigenvalue weighted by atomic mass is 10.2. The van der Waals surface area contributed by atoms with E-state index in [1.165, 1.54) is 0 Å². The van der Waals surface area contributed by atoms with Gasteiger partial charge in [-0.2, -0.15) is 0 Å². The van der Waals surface area contributed by atoms with E-state index in [0.717, 1.165) is 5.52 Å². The van der Waals surface area contributed by atoms with Crippen molar-refractivity contribution in [2.75, 3.05) is 14.2 Å². The Kier molecular flexibility index (Phi) is 3.80. The van der Waals surface area contributed by atoms with Gasteiger partial charge < -0.3 is 19.8 Å². The second-order valence-electron chi connectivity index (χ2n) is 3.91. The van der Waals surface area contributed by atoms with Crippen LogP contribution in [0.2, 0.25) is 0 Å². The van der Waals surface area contributed by atoms with Crippen molar-refractivity contribution in [3.8, 4) is 11.5 Å². The Balaban J connectivity index is 2.67. The summed E-state index contributed by atoms with van der Waals surface area (Å²) in [5, 5.41) is 0. The minimum Gasteiger partial charge on any atom is -0.493 e. The van der Waals surface area contributed by atoms with E-state index >= 15 is 0 Å². The minimum absolute atomic E-state index is 0.0219. The van der Waals surface area contributed by atoms with Gasteiger partial charge in [0.05, 0.1) is 31.1 Å². The van der Waals surface area contributed by atoms with E-state index in [1.54, 1.807) is 30.9 Å². The van der Waals surface area contributed by atoms with Crippen molar-refractivity contribution in [3.63, 3.8) is 0 Å². The number of rotatable bonds is 5. The third-order valence-corrected chi connectivity index (χ3v) is 3.01. The molecule has 0 aliphatic carbocycles. The van der Waals surface area contributed by atoms with E-state index < -0.39 is 5.91 Å². The standard InChI is InChI=1S/C12H14ClN3O3/c1-18-9-3-7-8(4-10(9)19-2)16(6-11(14)17)12(5-13)15-7/h3-4H,5-6H2,1-2H3,(H2,14,17). The summed E-state index contributed by atoms with van der Waals surface area (Å²) in [4.78, 5) is 15.5. The van der Waals surface area contributed by atoms with Crippen LogP contribution in [0.25, 0.3) is 11.0 Å². The van der Waals surface area contributed by atoms with Gasteiger partial charge >= 0.3 is 0 Å². The van der Waals surface area contributed by atoms with Crippen LogP contribution in [0.5, 0.6) is 11.5 Å². The molecule has 1 amide bonds. The fourth-order valence-electron chi connectivity index (χ4n) is 1.94. The maximum atomic E-state index is 11.1. The topological polar surface area (TPSA) is 79.4 Å².